The Labute approximate surface area is 109 Å². The van der Waals surface area contributed by atoms with Gasteiger partial charge >= 0.3 is 5.97 Å². The van der Waals surface area contributed by atoms with Gasteiger partial charge in [-0.3, -0.25) is 4.68 Å². The molecule has 1 N–H and O–H groups in total. The van der Waals surface area contributed by atoms with Crippen LogP contribution < -0.4 is 4.74 Å². The van der Waals surface area contributed by atoms with E-state index in [0.717, 1.165) is 0 Å². The Morgan fingerprint density at radius 3 is 2.95 bits per heavy atom. The van der Waals surface area contributed by atoms with Crippen molar-refractivity contribution in [2.75, 3.05) is 6.61 Å². The standard InChI is InChI=1S/C13H13FN2O3/c1-2-19-10-6-15-16(8-10)7-9-3-4-11(13(17)18)12(14)5-9/h3-6,8H,2,7H2,1H3,(H,17,18). The number of aromatic carboxylic acids is 1. The van der Waals surface area contributed by atoms with Gasteiger partial charge in [-0.15, -0.1) is 0 Å². The molecule has 5 nitrogen and oxygen atoms in total. The molecule has 0 spiro atoms. The van der Waals surface area contributed by atoms with E-state index in [4.69, 9.17) is 9.84 Å². The molecule has 0 atom stereocenters. The van der Waals surface area contributed by atoms with Crippen molar-refractivity contribution in [3.63, 3.8) is 0 Å². The minimum Gasteiger partial charge on any atom is -0.491 e. The van der Waals surface area contributed by atoms with Crippen molar-refractivity contribution < 1.29 is 19.0 Å². The summed E-state index contributed by atoms with van der Waals surface area (Å²) in [6.07, 6.45) is 3.28. The van der Waals surface area contributed by atoms with Crippen LogP contribution in [0.1, 0.15) is 22.8 Å². The van der Waals surface area contributed by atoms with Crippen molar-refractivity contribution in [1.82, 2.24) is 9.78 Å². The lowest BCUT2D eigenvalue weighted by Crippen LogP contribution is -2.04. The highest BCUT2D eigenvalue weighted by Crippen LogP contribution is 2.13. The topological polar surface area (TPSA) is 64.4 Å². The minimum atomic E-state index is -1.28. The summed E-state index contributed by atoms with van der Waals surface area (Å²) in [6, 6.07) is 4.01. The molecule has 0 unspecified atom stereocenters. The van der Waals surface area contributed by atoms with Crippen LogP contribution in [0.3, 0.4) is 0 Å². The average Bonchev–Trinajstić information content (AvgIpc) is 2.76. The zero-order valence-electron chi connectivity index (χ0n) is 10.3. The first-order valence-corrected chi connectivity index (χ1v) is 5.77. The summed E-state index contributed by atoms with van der Waals surface area (Å²) >= 11 is 0. The number of rotatable bonds is 5. The highest BCUT2D eigenvalue weighted by Gasteiger charge is 2.10. The minimum absolute atomic E-state index is 0.334. The predicted molar refractivity (Wildman–Crippen MR) is 65.9 cm³/mol. The van der Waals surface area contributed by atoms with Crippen LogP contribution in [0.15, 0.2) is 30.6 Å². The van der Waals surface area contributed by atoms with Crippen LogP contribution in [-0.2, 0) is 6.54 Å². The van der Waals surface area contributed by atoms with E-state index in [-0.39, 0.29) is 5.56 Å². The van der Waals surface area contributed by atoms with Crippen LogP contribution in [-0.4, -0.2) is 27.5 Å². The summed E-state index contributed by atoms with van der Waals surface area (Å²) in [6.45, 7) is 2.77. The molecule has 1 aromatic heterocycles. The Hall–Kier alpha value is -2.37. The van der Waals surface area contributed by atoms with Gasteiger partial charge in [0.15, 0.2) is 5.75 Å². The van der Waals surface area contributed by atoms with E-state index in [2.05, 4.69) is 5.10 Å². The largest absolute Gasteiger partial charge is 0.491 e. The molecule has 0 saturated carbocycles. The third-order valence-electron chi connectivity index (χ3n) is 2.53. The fourth-order valence-corrected chi connectivity index (χ4v) is 1.69. The van der Waals surface area contributed by atoms with Crippen LogP contribution in [0, 0.1) is 5.82 Å². The van der Waals surface area contributed by atoms with Crippen LogP contribution in [0.5, 0.6) is 5.75 Å². The molecule has 0 amide bonds. The summed E-state index contributed by atoms with van der Waals surface area (Å²) in [7, 11) is 0. The normalized spacial score (nSPS) is 10.4. The first-order chi connectivity index (χ1) is 9.10. The van der Waals surface area contributed by atoms with Gasteiger partial charge in [-0.1, -0.05) is 6.07 Å². The number of carboxylic acids is 1. The molecule has 0 radical (unpaired) electrons. The lowest BCUT2D eigenvalue weighted by molar-refractivity contribution is 0.0692. The zero-order valence-corrected chi connectivity index (χ0v) is 10.3. The number of hydrogen-bond donors (Lipinski definition) is 1. The smallest absolute Gasteiger partial charge is 0.338 e. The van der Waals surface area contributed by atoms with E-state index in [0.29, 0.717) is 24.5 Å². The van der Waals surface area contributed by atoms with Gasteiger partial charge in [-0.25, -0.2) is 9.18 Å². The molecule has 2 rings (SSSR count). The van der Waals surface area contributed by atoms with Gasteiger partial charge < -0.3 is 9.84 Å². The van der Waals surface area contributed by atoms with Crippen LogP contribution in [0.25, 0.3) is 0 Å². The van der Waals surface area contributed by atoms with Crippen molar-refractivity contribution in [1.29, 1.82) is 0 Å². The zero-order chi connectivity index (χ0) is 13.8. The molecule has 6 heteroatoms. The Balaban J connectivity index is 2.14. The monoisotopic (exact) mass is 264 g/mol. The fraction of sp³-hybridized carbons (Fsp3) is 0.231. The Morgan fingerprint density at radius 1 is 1.53 bits per heavy atom. The van der Waals surface area contributed by atoms with E-state index in [9.17, 15) is 9.18 Å². The summed E-state index contributed by atoms with van der Waals surface area (Å²) in [5, 5.41) is 12.8. The van der Waals surface area contributed by atoms with Crippen molar-refractivity contribution in [3.05, 3.63) is 47.5 Å². The number of carboxylic acid groups (broad SMARTS) is 1. The summed E-state index contributed by atoms with van der Waals surface area (Å²) < 4.78 is 20.4. The molecular formula is C13H13FN2O3. The lowest BCUT2D eigenvalue weighted by atomic mass is 10.1. The molecule has 2 aromatic rings. The summed E-state index contributed by atoms with van der Waals surface area (Å²) in [5.41, 5.74) is 0.299. The maximum absolute atomic E-state index is 13.5. The van der Waals surface area contributed by atoms with Gasteiger partial charge in [0.1, 0.15) is 5.82 Å². The Morgan fingerprint density at radius 2 is 2.32 bits per heavy atom. The van der Waals surface area contributed by atoms with Gasteiger partial charge in [0.05, 0.1) is 31.1 Å². The van der Waals surface area contributed by atoms with Crippen LogP contribution in [0.4, 0.5) is 4.39 Å². The lowest BCUT2D eigenvalue weighted by Gasteiger charge is -2.04. The first kappa shape index (κ1) is 13.1. The van der Waals surface area contributed by atoms with Crippen LogP contribution in [0.2, 0.25) is 0 Å². The third kappa shape index (κ3) is 3.09. The average molecular weight is 264 g/mol. The number of ether oxygens (including phenoxy) is 1. The summed E-state index contributed by atoms with van der Waals surface area (Å²) in [5.74, 6) is -1.38. The van der Waals surface area contributed by atoms with Crippen molar-refractivity contribution in [2.24, 2.45) is 0 Å². The second-order valence-corrected chi connectivity index (χ2v) is 3.93. The third-order valence-corrected chi connectivity index (χ3v) is 2.53. The van der Waals surface area contributed by atoms with E-state index in [1.165, 1.54) is 12.1 Å². The molecule has 0 saturated heterocycles. The number of halogens is 1. The van der Waals surface area contributed by atoms with Gasteiger partial charge in [-0.05, 0) is 24.6 Å². The predicted octanol–water partition coefficient (Wildman–Crippen LogP) is 2.17. The van der Waals surface area contributed by atoms with E-state index < -0.39 is 11.8 Å². The van der Waals surface area contributed by atoms with Crippen molar-refractivity contribution in [2.45, 2.75) is 13.5 Å². The van der Waals surface area contributed by atoms with Gasteiger partial charge in [0.25, 0.3) is 0 Å². The van der Waals surface area contributed by atoms with Crippen molar-refractivity contribution >= 4 is 5.97 Å². The molecule has 0 bridgehead atoms. The molecule has 100 valence electrons. The number of nitrogens with zero attached hydrogens (tertiary/aromatic N) is 2. The summed E-state index contributed by atoms with van der Waals surface area (Å²) in [4.78, 5) is 10.7. The van der Waals surface area contributed by atoms with E-state index in [1.54, 1.807) is 23.1 Å². The number of carbonyl (C=O) groups is 1. The molecule has 0 aliphatic heterocycles. The van der Waals surface area contributed by atoms with Gasteiger partial charge in [0, 0.05) is 0 Å². The highest BCUT2D eigenvalue weighted by atomic mass is 19.1. The molecule has 1 aromatic carbocycles. The Kier molecular flexibility index (Phi) is 3.79. The maximum Gasteiger partial charge on any atom is 0.338 e. The van der Waals surface area contributed by atoms with E-state index in [1.807, 2.05) is 6.92 Å². The molecular weight excluding hydrogens is 251 g/mol. The van der Waals surface area contributed by atoms with E-state index >= 15 is 0 Å². The Bertz CT molecular complexity index is 595. The van der Waals surface area contributed by atoms with Crippen molar-refractivity contribution in [3.8, 4) is 5.75 Å². The van der Waals surface area contributed by atoms with Crippen LogP contribution >= 0.6 is 0 Å². The maximum atomic E-state index is 13.5. The quantitative estimate of drug-likeness (QED) is 0.898. The van der Waals surface area contributed by atoms with Gasteiger partial charge in [-0.2, -0.15) is 5.10 Å². The number of aromatic nitrogens is 2. The molecule has 0 aliphatic rings. The fourth-order valence-electron chi connectivity index (χ4n) is 1.69. The SMILES string of the molecule is CCOc1cnn(Cc2ccc(C(=O)O)c(F)c2)c1. The first-order valence-electron chi connectivity index (χ1n) is 5.77. The van der Waals surface area contributed by atoms with Gasteiger partial charge in [0.2, 0.25) is 0 Å². The second-order valence-electron chi connectivity index (χ2n) is 3.93. The second kappa shape index (κ2) is 5.51. The highest BCUT2D eigenvalue weighted by molar-refractivity contribution is 5.87. The number of hydrogen-bond acceptors (Lipinski definition) is 3. The number of benzene rings is 1. The molecule has 19 heavy (non-hydrogen) atoms. The molecule has 0 fully saturated rings. The molecule has 1 heterocycles. The molecule has 0 aliphatic carbocycles.